The van der Waals surface area contributed by atoms with Crippen molar-refractivity contribution in [1.82, 2.24) is 4.90 Å². The van der Waals surface area contributed by atoms with Gasteiger partial charge in [0, 0.05) is 6.54 Å². The maximum Gasteiger partial charge on any atom is 0.407 e. The van der Waals surface area contributed by atoms with E-state index in [4.69, 9.17) is 11.0 Å². The molecule has 5 nitrogen and oxygen atoms in total. The van der Waals surface area contributed by atoms with E-state index in [1.54, 1.807) is 0 Å². The Morgan fingerprint density at radius 1 is 1.67 bits per heavy atom. The van der Waals surface area contributed by atoms with E-state index in [9.17, 15) is 4.79 Å². The molecule has 1 atom stereocenters. The van der Waals surface area contributed by atoms with E-state index in [2.05, 4.69) is 4.84 Å². The fourth-order valence-electron chi connectivity index (χ4n) is 1.54. The molecule has 1 aliphatic heterocycles. The van der Waals surface area contributed by atoms with E-state index in [0.717, 1.165) is 19.3 Å². The van der Waals surface area contributed by atoms with Gasteiger partial charge in [0.2, 0.25) is 0 Å². The van der Waals surface area contributed by atoms with Gasteiger partial charge in [0.15, 0.2) is 0 Å². The lowest BCUT2D eigenvalue weighted by molar-refractivity contribution is 0.0412. The van der Waals surface area contributed by atoms with Crippen LogP contribution in [-0.2, 0) is 4.84 Å². The molecule has 1 unspecified atom stereocenters. The molecule has 0 aliphatic carbocycles. The minimum atomic E-state index is -0.878. The summed E-state index contributed by atoms with van der Waals surface area (Å²) < 4.78 is 0. The molecule has 1 rings (SSSR count). The summed E-state index contributed by atoms with van der Waals surface area (Å²) in [4.78, 5) is 16.5. The summed E-state index contributed by atoms with van der Waals surface area (Å²) in [5.74, 6) is 4.90. The molecule has 1 saturated heterocycles. The zero-order valence-electron chi connectivity index (χ0n) is 6.90. The molecule has 0 saturated carbocycles. The maximum atomic E-state index is 10.7. The Hall–Kier alpha value is -0.810. The van der Waals surface area contributed by atoms with Gasteiger partial charge in [0.25, 0.3) is 0 Å². The van der Waals surface area contributed by atoms with Crippen molar-refractivity contribution in [3.8, 4) is 0 Å². The van der Waals surface area contributed by atoms with Crippen molar-refractivity contribution < 1.29 is 14.7 Å². The van der Waals surface area contributed by atoms with Crippen LogP contribution < -0.4 is 5.90 Å². The fourth-order valence-corrected chi connectivity index (χ4v) is 1.54. The van der Waals surface area contributed by atoms with Crippen molar-refractivity contribution in [3.05, 3.63) is 0 Å². The van der Waals surface area contributed by atoms with Crippen LogP contribution in [0.4, 0.5) is 4.79 Å². The number of amides is 1. The van der Waals surface area contributed by atoms with Crippen LogP contribution in [0.2, 0.25) is 0 Å². The van der Waals surface area contributed by atoms with Crippen molar-refractivity contribution in [2.75, 3.05) is 13.2 Å². The van der Waals surface area contributed by atoms with Gasteiger partial charge in [-0.15, -0.1) is 0 Å². The Morgan fingerprint density at radius 3 is 3.00 bits per heavy atom. The minimum absolute atomic E-state index is 0.0544. The first-order valence-corrected chi connectivity index (χ1v) is 4.07. The van der Waals surface area contributed by atoms with Gasteiger partial charge < -0.3 is 14.8 Å². The lowest BCUT2D eigenvalue weighted by atomic mass is 10.0. The second kappa shape index (κ2) is 4.27. The molecule has 0 bridgehead atoms. The highest BCUT2D eigenvalue weighted by atomic mass is 16.6. The van der Waals surface area contributed by atoms with Gasteiger partial charge in [-0.2, -0.15) is 0 Å². The van der Waals surface area contributed by atoms with Gasteiger partial charge in [-0.25, -0.2) is 10.7 Å². The molecule has 1 heterocycles. The van der Waals surface area contributed by atoms with Crippen LogP contribution in [-0.4, -0.2) is 35.3 Å². The molecule has 1 fully saturated rings. The van der Waals surface area contributed by atoms with E-state index in [1.807, 2.05) is 0 Å². The maximum absolute atomic E-state index is 10.7. The Balaban J connectivity index is 2.48. The number of carbonyl (C=O) groups is 1. The zero-order chi connectivity index (χ0) is 8.97. The summed E-state index contributed by atoms with van der Waals surface area (Å²) >= 11 is 0. The second-order valence-corrected chi connectivity index (χ2v) is 2.96. The van der Waals surface area contributed by atoms with Gasteiger partial charge in [-0.05, 0) is 19.3 Å². The Kier molecular flexibility index (Phi) is 3.31. The Labute approximate surface area is 71.0 Å². The van der Waals surface area contributed by atoms with Crippen molar-refractivity contribution in [2.45, 2.75) is 25.3 Å². The molecule has 0 aromatic heterocycles. The van der Waals surface area contributed by atoms with Crippen LogP contribution >= 0.6 is 0 Å². The van der Waals surface area contributed by atoms with Gasteiger partial charge in [0.1, 0.15) is 0 Å². The third-order valence-corrected chi connectivity index (χ3v) is 2.16. The van der Waals surface area contributed by atoms with Crippen LogP contribution in [0.1, 0.15) is 19.3 Å². The molecule has 1 aliphatic rings. The fraction of sp³-hybridized carbons (Fsp3) is 0.857. The van der Waals surface area contributed by atoms with Gasteiger partial charge in [-0.1, -0.05) is 0 Å². The summed E-state index contributed by atoms with van der Waals surface area (Å²) in [5, 5.41) is 8.76. The summed E-state index contributed by atoms with van der Waals surface area (Å²) in [6, 6.07) is -0.0544. The molecule has 5 heteroatoms. The second-order valence-electron chi connectivity index (χ2n) is 2.96. The monoisotopic (exact) mass is 174 g/mol. The molecule has 0 aromatic carbocycles. The van der Waals surface area contributed by atoms with E-state index in [1.165, 1.54) is 4.90 Å². The van der Waals surface area contributed by atoms with E-state index < -0.39 is 6.09 Å². The SMILES string of the molecule is NOCC1CCCCN1C(=O)O. The van der Waals surface area contributed by atoms with Crippen LogP contribution in [0.15, 0.2) is 0 Å². The molecule has 12 heavy (non-hydrogen) atoms. The molecule has 0 radical (unpaired) electrons. The molecular formula is C7H14N2O3. The summed E-state index contributed by atoms with van der Waals surface area (Å²) in [5.41, 5.74) is 0. The topological polar surface area (TPSA) is 75.8 Å². The molecule has 1 amide bonds. The van der Waals surface area contributed by atoms with Crippen LogP contribution in [0.3, 0.4) is 0 Å². The normalized spacial score (nSPS) is 24.1. The van der Waals surface area contributed by atoms with Crippen molar-refractivity contribution in [3.63, 3.8) is 0 Å². The molecule has 70 valence electrons. The number of rotatable bonds is 2. The summed E-state index contributed by atoms with van der Waals surface area (Å²) in [6.45, 7) is 0.898. The number of hydrogen-bond acceptors (Lipinski definition) is 3. The number of likely N-dealkylation sites (tertiary alicyclic amines) is 1. The molecule has 3 N–H and O–H groups in total. The number of carboxylic acid groups (broad SMARTS) is 1. The van der Waals surface area contributed by atoms with Crippen LogP contribution in [0.25, 0.3) is 0 Å². The number of nitrogens with zero attached hydrogens (tertiary/aromatic N) is 1. The minimum Gasteiger partial charge on any atom is -0.465 e. The van der Waals surface area contributed by atoms with Gasteiger partial charge in [0.05, 0.1) is 12.6 Å². The van der Waals surface area contributed by atoms with E-state index >= 15 is 0 Å². The van der Waals surface area contributed by atoms with Crippen molar-refractivity contribution in [1.29, 1.82) is 0 Å². The van der Waals surface area contributed by atoms with E-state index in [0.29, 0.717) is 13.2 Å². The Bertz CT molecular complexity index is 161. The predicted molar refractivity (Wildman–Crippen MR) is 42.5 cm³/mol. The van der Waals surface area contributed by atoms with Gasteiger partial charge in [-0.3, -0.25) is 0 Å². The quantitative estimate of drug-likeness (QED) is 0.594. The zero-order valence-corrected chi connectivity index (χ0v) is 6.90. The number of nitrogens with two attached hydrogens (primary N) is 1. The lowest BCUT2D eigenvalue weighted by Crippen LogP contribution is -2.45. The van der Waals surface area contributed by atoms with Crippen molar-refractivity contribution in [2.24, 2.45) is 5.90 Å². The highest BCUT2D eigenvalue weighted by Crippen LogP contribution is 2.16. The van der Waals surface area contributed by atoms with Gasteiger partial charge >= 0.3 is 6.09 Å². The summed E-state index contributed by atoms with van der Waals surface area (Å²) in [7, 11) is 0. The first-order valence-electron chi connectivity index (χ1n) is 4.07. The number of hydrogen-bond donors (Lipinski definition) is 2. The lowest BCUT2D eigenvalue weighted by Gasteiger charge is -2.32. The first-order chi connectivity index (χ1) is 5.75. The average Bonchev–Trinajstić information content (AvgIpc) is 2.05. The third kappa shape index (κ3) is 2.09. The first kappa shape index (κ1) is 9.28. The highest BCUT2D eigenvalue weighted by molar-refractivity contribution is 5.65. The molecule has 0 spiro atoms. The predicted octanol–water partition coefficient (Wildman–Crippen LogP) is 0.409. The Morgan fingerprint density at radius 2 is 2.42 bits per heavy atom. The van der Waals surface area contributed by atoms with E-state index in [-0.39, 0.29) is 6.04 Å². The number of piperidine rings is 1. The molecular weight excluding hydrogens is 160 g/mol. The standard InChI is InChI=1S/C7H14N2O3/c8-12-5-6-3-1-2-4-9(6)7(10)11/h6H,1-5,8H2,(H,10,11). The van der Waals surface area contributed by atoms with Crippen LogP contribution in [0.5, 0.6) is 0 Å². The highest BCUT2D eigenvalue weighted by Gasteiger charge is 2.25. The molecule has 0 aromatic rings. The largest absolute Gasteiger partial charge is 0.465 e. The smallest absolute Gasteiger partial charge is 0.407 e. The van der Waals surface area contributed by atoms with Crippen LogP contribution in [0, 0.1) is 0 Å². The third-order valence-electron chi connectivity index (χ3n) is 2.16. The summed E-state index contributed by atoms with van der Waals surface area (Å²) in [6.07, 6.45) is 1.96. The van der Waals surface area contributed by atoms with Crippen molar-refractivity contribution >= 4 is 6.09 Å². The average molecular weight is 174 g/mol.